The zero-order valence-electron chi connectivity index (χ0n) is 6.76. The highest BCUT2D eigenvalue weighted by atomic mass is 35.5. The predicted octanol–water partition coefficient (Wildman–Crippen LogP) is 2.32. The van der Waals surface area contributed by atoms with Crippen LogP contribution in [0.3, 0.4) is 0 Å². The van der Waals surface area contributed by atoms with Gasteiger partial charge in [-0.1, -0.05) is 11.6 Å². The monoisotopic (exact) mass is 202 g/mol. The second-order valence-corrected chi connectivity index (χ2v) is 3.02. The van der Waals surface area contributed by atoms with Gasteiger partial charge in [-0.3, -0.25) is 0 Å². The Labute approximate surface area is 80.0 Å². The normalized spacial score (nSPS) is 10.0. The Bertz CT molecular complexity index is 302. The first-order chi connectivity index (χ1) is 6.15. The van der Waals surface area contributed by atoms with Crippen LogP contribution in [-0.2, 0) is 11.2 Å². The van der Waals surface area contributed by atoms with Crippen molar-refractivity contribution in [2.75, 3.05) is 0 Å². The quantitative estimate of drug-likeness (QED) is 0.764. The van der Waals surface area contributed by atoms with E-state index in [9.17, 15) is 9.18 Å². The lowest BCUT2D eigenvalue weighted by atomic mass is 10.1. The molecule has 0 aromatic heterocycles. The fourth-order valence-electron chi connectivity index (χ4n) is 0.988. The molecule has 0 saturated heterocycles. The van der Waals surface area contributed by atoms with Crippen LogP contribution in [0.15, 0.2) is 12.1 Å². The molecule has 4 heteroatoms. The van der Waals surface area contributed by atoms with E-state index in [4.69, 9.17) is 16.7 Å². The molecule has 2 nitrogen and oxygen atoms in total. The van der Waals surface area contributed by atoms with E-state index in [1.807, 2.05) is 0 Å². The Balaban J connectivity index is 2.92. The van der Waals surface area contributed by atoms with Crippen molar-refractivity contribution >= 4 is 17.9 Å². The van der Waals surface area contributed by atoms with Crippen LogP contribution in [0.25, 0.3) is 0 Å². The molecule has 70 valence electrons. The summed E-state index contributed by atoms with van der Waals surface area (Å²) in [7, 11) is 0. The van der Waals surface area contributed by atoms with E-state index in [0.717, 1.165) is 6.29 Å². The molecule has 1 aromatic rings. The zero-order chi connectivity index (χ0) is 9.84. The average Bonchev–Trinajstić information content (AvgIpc) is 2.10. The number of benzene rings is 1. The molecule has 13 heavy (non-hydrogen) atoms. The van der Waals surface area contributed by atoms with E-state index in [0.29, 0.717) is 18.4 Å². The highest BCUT2D eigenvalue weighted by Gasteiger charge is 2.07. The minimum atomic E-state index is -0.756. The van der Waals surface area contributed by atoms with Crippen LogP contribution in [0, 0.1) is 5.82 Å². The van der Waals surface area contributed by atoms with Crippen LogP contribution in [0.5, 0.6) is 5.75 Å². The van der Waals surface area contributed by atoms with Gasteiger partial charge in [0.15, 0.2) is 11.6 Å². The van der Waals surface area contributed by atoms with Crippen LogP contribution >= 0.6 is 11.6 Å². The highest BCUT2D eigenvalue weighted by Crippen LogP contribution is 2.27. The molecular weight excluding hydrogens is 195 g/mol. The van der Waals surface area contributed by atoms with E-state index >= 15 is 0 Å². The number of aromatic hydroxyl groups is 1. The van der Waals surface area contributed by atoms with Crippen LogP contribution < -0.4 is 0 Å². The van der Waals surface area contributed by atoms with Gasteiger partial charge >= 0.3 is 0 Å². The first-order valence-corrected chi connectivity index (χ1v) is 4.13. The van der Waals surface area contributed by atoms with Crippen LogP contribution in [-0.4, -0.2) is 11.4 Å². The Morgan fingerprint density at radius 2 is 2.23 bits per heavy atom. The summed E-state index contributed by atoms with van der Waals surface area (Å²) in [5.41, 5.74) is 0.604. The van der Waals surface area contributed by atoms with Crippen molar-refractivity contribution in [3.8, 4) is 5.75 Å². The third-order valence-corrected chi connectivity index (χ3v) is 1.92. The van der Waals surface area contributed by atoms with E-state index in [-0.39, 0.29) is 5.02 Å². The van der Waals surface area contributed by atoms with Crippen molar-refractivity contribution in [1.82, 2.24) is 0 Å². The largest absolute Gasteiger partial charge is 0.504 e. The summed E-state index contributed by atoms with van der Waals surface area (Å²) in [6.45, 7) is 0. The maximum atomic E-state index is 12.8. The summed E-state index contributed by atoms with van der Waals surface area (Å²) in [4.78, 5) is 10.0. The molecule has 0 unspecified atom stereocenters. The summed E-state index contributed by atoms with van der Waals surface area (Å²) in [5.74, 6) is -1.30. The third-order valence-electron chi connectivity index (χ3n) is 1.63. The molecule has 0 amide bonds. The van der Waals surface area contributed by atoms with Gasteiger partial charge in [0.1, 0.15) is 6.29 Å². The van der Waals surface area contributed by atoms with Gasteiger partial charge in [0.25, 0.3) is 0 Å². The lowest BCUT2D eigenvalue weighted by Crippen LogP contribution is -1.88. The van der Waals surface area contributed by atoms with Crippen molar-refractivity contribution < 1.29 is 14.3 Å². The number of rotatable bonds is 3. The topological polar surface area (TPSA) is 37.3 Å². The number of hydrogen-bond donors (Lipinski definition) is 1. The molecule has 0 saturated carbocycles. The summed E-state index contributed by atoms with van der Waals surface area (Å²) in [5, 5.41) is 8.95. The number of aldehydes is 1. The number of carbonyl (C=O) groups is 1. The van der Waals surface area contributed by atoms with Crippen molar-refractivity contribution in [2.45, 2.75) is 12.8 Å². The molecule has 0 fully saturated rings. The standard InChI is InChI=1S/C9H8ClFO2/c10-7-4-6(2-1-3-12)5-8(11)9(7)13/h3-5,13H,1-2H2. The Morgan fingerprint density at radius 1 is 1.54 bits per heavy atom. The number of hydrogen-bond acceptors (Lipinski definition) is 2. The summed E-state index contributed by atoms with van der Waals surface area (Å²) in [6, 6.07) is 2.62. The van der Waals surface area contributed by atoms with Gasteiger partial charge in [-0.15, -0.1) is 0 Å². The van der Waals surface area contributed by atoms with Crippen LogP contribution in [0.2, 0.25) is 5.02 Å². The Hall–Kier alpha value is -1.09. The molecule has 0 aliphatic heterocycles. The lowest BCUT2D eigenvalue weighted by Gasteiger charge is -2.02. The number of halogens is 2. The van der Waals surface area contributed by atoms with Crippen molar-refractivity contribution in [1.29, 1.82) is 0 Å². The summed E-state index contributed by atoms with van der Waals surface area (Å²) < 4.78 is 12.8. The molecule has 1 N–H and O–H groups in total. The third kappa shape index (κ3) is 2.42. The Kier molecular flexibility index (Phi) is 3.25. The number of phenols is 1. The summed E-state index contributed by atoms with van der Waals surface area (Å²) in [6.07, 6.45) is 1.50. The molecule has 0 aliphatic carbocycles. The van der Waals surface area contributed by atoms with Gasteiger partial charge in [-0.05, 0) is 24.1 Å². The molecule has 0 bridgehead atoms. The minimum Gasteiger partial charge on any atom is -0.504 e. The maximum absolute atomic E-state index is 12.8. The predicted molar refractivity (Wildman–Crippen MR) is 47.5 cm³/mol. The molecular formula is C9H8ClFO2. The SMILES string of the molecule is O=CCCc1cc(F)c(O)c(Cl)c1. The zero-order valence-corrected chi connectivity index (χ0v) is 7.51. The second-order valence-electron chi connectivity index (χ2n) is 2.61. The Morgan fingerprint density at radius 3 is 2.77 bits per heavy atom. The number of phenolic OH excluding ortho intramolecular Hbond substituents is 1. The van der Waals surface area contributed by atoms with Crippen molar-refractivity contribution in [3.63, 3.8) is 0 Å². The fourth-order valence-corrected chi connectivity index (χ4v) is 1.22. The van der Waals surface area contributed by atoms with Gasteiger partial charge in [0, 0.05) is 6.42 Å². The van der Waals surface area contributed by atoms with E-state index in [1.54, 1.807) is 0 Å². The van der Waals surface area contributed by atoms with Crippen molar-refractivity contribution in [3.05, 3.63) is 28.5 Å². The highest BCUT2D eigenvalue weighted by molar-refractivity contribution is 6.32. The van der Waals surface area contributed by atoms with Crippen LogP contribution in [0.4, 0.5) is 4.39 Å². The maximum Gasteiger partial charge on any atom is 0.170 e. The minimum absolute atomic E-state index is 0.0269. The van der Waals surface area contributed by atoms with Gasteiger partial charge in [-0.25, -0.2) is 4.39 Å². The lowest BCUT2D eigenvalue weighted by molar-refractivity contribution is -0.107. The summed E-state index contributed by atoms with van der Waals surface area (Å²) >= 11 is 5.52. The number of aryl methyl sites for hydroxylation is 1. The molecule has 0 atom stereocenters. The molecule has 0 aliphatic rings. The average molecular weight is 203 g/mol. The molecule has 0 spiro atoms. The molecule has 1 aromatic carbocycles. The smallest absolute Gasteiger partial charge is 0.170 e. The van der Waals surface area contributed by atoms with Gasteiger partial charge < -0.3 is 9.90 Å². The number of carbonyl (C=O) groups excluding carboxylic acids is 1. The van der Waals surface area contributed by atoms with Crippen LogP contribution in [0.1, 0.15) is 12.0 Å². The van der Waals surface area contributed by atoms with Crippen molar-refractivity contribution in [2.24, 2.45) is 0 Å². The first-order valence-electron chi connectivity index (χ1n) is 3.75. The van der Waals surface area contributed by atoms with E-state index < -0.39 is 11.6 Å². The molecule has 0 heterocycles. The molecule has 0 radical (unpaired) electrons. The fraction of sp³-hybridized carbons (Fsp3) is 0.222. The second kappa shape index (κ2) is 4.23. The van der Waals surface area contributed by atoms with E-state index in [2.05, 4.69) is 0 Å². The van der Waals surface area contributed by atoms with Gasteiger partial charge in [-0.2, -0.15) is 0 Å². The van der Waals surface area contributed by atoms with Gasteiger partial charge in [0.2, 0.25) is 0 Å². The van der Waals surface area contributed by atoms with E-state index in [1.165, 1.54) is 12.1 Å². The first kappa shape index (κ1) is 9.99. The molecule has 1 rings (SSSR count). The van der Waals surface area contributed by atoms with Gasteiger partial charge in [0.05, 0.1) is 5.02 Å².